The summed E-state index contributed by atoms with van der Waals surface area (Å²) >= 11 is 1.93. The molecule has 0 aromatic heterocycles. The molecule has 4 heteroatoms. The van der Waals surface area contributed by atoms with Gasteiger partial charge < -0.3 is 15.3 Å². The lowest BCUT2D eigenvalue weighted by Crippen LogP contribution is -2.15. The molecule has 1 atom stereocenters. The van der Waals surface area contributed by atoms with Crippen LogP contribution in [-0.2, 0) is 0 Å². The minimum absolute atomic E-state index is 0.120. The lowest BCUT2D eigenvalue weighted by molar-refractivity contribution is 0.0865. The second-order valence-electron chi connectivity index (χ2n) is 1.84. The van der Waals surface area contributed by atoms with Crippen LogP contribution in [0.3, 0.4) is 0 Å². The molecule has 0 aliphatic rings. The van der Waals surface area contributed by atoms with E-state index in [1.807, 2.05) is 29.5 Å². The molecule has 10 heavy (non-hydrogen) atoms. The van der Waals surface area contributed by atoms with Gasteiger partial charge in [-0.1, -0.05) is 6.92 Å². The highest BCUT2D eigenvalue weighted by Gasteiger charge is 2.10. The van der Waals surface area contributed by atoms with Gasteiger partial charge in [-0.15, -0.1) is 0 Å². The van der Waals surface area contributed by atoms with Crippen LogP contribution in [0.5, 0.6) is 0 Å². The van der Waals surface area contributed by atoms with Crippen LogP contribution in [-0.4, -0.2) is 28.0 Å². The van der Waals surface area contributed by atoms with Gasteiger partial charge in [-0.3, -0.25) is 0 Å². The topological polar surface area (TPSA) is 60.7 Å². The van der Waals surface area contributed by atoms with Crippen LogP contribution >= 0.6 is 22.6 Å². The van der Waals surface area contributed by atoms with Gasteiger partial charge in [0.1, 0.15) is 11.9 Å². The molecule has 0 rings (SSSR count). The molecule has 0 fully saturated rings. The number of aliphatic hydroxyl groups is 3. The molecule has 0 saturated heterocycles. The van der Waals surface area contributed by atoms with Crippen molar-refractivity contribution in [2.75, 3.05) is 6.61 Å². The van der Waals surface area contributed by atoms with Gasteiger partial charge in [-0.25, -0.2) is 0 Å². The Morgan fingerprint density at radius 1 is 1.60 bits per heavy atom. The fraction of sp³-hybridized carbons (Fsp3) is 0.667. The van der Waals surface area contributed by atoms with Gasteiger partial charge in [0.2, 0.25) is 0 Å². The van der Waals surface area contributed by atoms with E-state index < -0.39 is 12.7 Å². The molecule has 0 aliphatic carbocycles. The summed E-state index contributed by atoms with van der Waals surface area (Å²) in [5.74, 6) is -0.120. The smallest absolute Gasteiger partial charge is 0.134 e. The molecule has 0 saturated carbocycles. The largest absolute Gasteiger partial charge is 0.509 e. The first-order valence-corrected chi connectivity index (χ1v) is 4.07. The van der Waals surface area contributed by atoms with Crippen LogP contribution in [0.1, 0.15) is 13.3 Å². The zero-order chi connectivity index (χ0) is 8.15. The van der Waals surface area contributed by atoms with Crippen molar-refractivity contribution in [3.8, 4) is 0 Å². The fourth-order valence-corrected chi connectivity index (χ4v) is 0.808. The van der Waals surface area contributed by atoms with Gasteiger partial charge in [0.05, 0.1) is 6.61 Å². The van der Waals surface area contributed by atoms with Crippen LogP contribution < -0.4 is 0 Å². The van der Waals surface area contributed by atoms with Crippen LogP contribution in [0.25, 0.3) is 0 Å². The van der Waals surface area contributed by atoms with E-state index in [0.29, 0.717) is 10.0 Å². The number of halogens is 1. The summed E-state index contributed by atoms with van der Waals surface area (Å²) in [6, 6.07) is 0. The predicted octanol–water partition coefficient (Wildman–Crippen LogP) is 0.954. The Morgan fingerprint density at radius 2 is 2.10 bits per heavy atom. The third kappa shape index (κ3) is 2.85. The molecule has 0 bridgehead atoms. The molecule has 0 aromatic carbocycles. The summed E-state index contributed by atoms with van der Waals surface area (Å²) in [5, 5.41) is 26.3. The Labute approximate surface area is 73.5 Å². The molecule has 0 radical (unpaired) electrons. The molecule has 0 spiro atoms. The third-order valence-corrected chi connectivity index (χ3v) is 2.39. The minimum Gasteiger partial charge on any atom is -0.509 e. The molecule has 0 aromatic rings. The molecule has 3 N–H and O–H groups in total. The van der Waals surface area contributed by atoms with E-state index in [1.165, 1.54) is 0 Å². The first kappa shape index (κ1) is 10.2. The van der Waals surface area contributed by atoms with Crippen molar-refractivity contribution in [3.63, 3.8) is 0 Å². The average Bonchev–Trinajstić information content (AvgIpc) is 2.00. The molecular weight excluding hydrogens is 247 g/mol. The Bertz CT molecular complexity index is 133. The number of rotatable bonds is 3. The van der Waals surface area contributed by atoms with E-state index in [1.54, 1.807) is 0 Å². The van der Waals surface area contributed by atoms with Gasteiger partial charge in [0.25, 0.3) is 0 Å². The van der Waals surface area contributed by atoms with Crippen molar-refractivity contribution in [1.82, 2.24) is 0 Å². The Balaban J connectivity index is 4.15. The Kier molecular flexibility index (Phi) is 5.02. The number of hydrogen-bond acceptors (Lipinski definition) is 3. The van der Waals surface area contributed by atoms with Crippen LogP contribution in [0.4, 0.5) is 0 Å². The second-order valence-corrected chi connectivity index (χ2v) is 3.14. The maximum Gasteiger partial charge on any atom is 0.134 e. The van der Waals surface area contributed by atoms with Crippen molar-refractivity contribution < 1.29 is 15.3 Å². The van der Waals surface area contributed by atoms with Crippen LogP contribution in [0.2, 0.25) is 0 Å². The monoisotopic (exact) mass is 258 g/mol. The van der Waals surface area contributed by atoms with Crippen molar-refractivity contribution in [2.45, 2.75) is 19.4 Å². The summed E-state index contributed by atoms with van der Waals surface area (Å²) in [7, 11) is 0. The maximum absolute atomic E-state index is 9.05. The van der Waals surface area contributed by atoms with Gasteiger partial charge in [-0.05, 0) is 29.0 Å². The predicted molar refractivity (Wildman–Crippen MR) is 47.1 cm³/mol. The molecule has 0 amide bonds. The molecule has 60 valence electrons. The van der Waals surface area contributed by atoms with Crippen molar-refractivity contribution in [3.05, 3.63) is 9.34 Å². The normalized spacial score (nSPS) is 16.4. The highest BCUT2D eigenvalue weighted by atomic mass is 127. The van der Waals surface area contributed by atoms with E-state index in [2.05, 4.69) is 0 Å². The van der Waals surface area contributed by atoms with E-state index in [-0.39, 0.29) is 5.76 Å². The van der Waals surface area contributed by atoms with Gasteiger partial charge in [0.15, 0.2) is 0 Å². The second kappa shape index (κ2) is 4.92. The van der Waals surface area contributed by atoms with E-state index in [4.69, 9.17) is 15.3 Å². The van der Waals surface area contributed by atoms with Gasteiger partial charge >= 0.3 is 0 Å². The SMILES string of the molecule is CCC(I)=C(O)C(O)CO. The maximum atomic E-state index is 9.05. The van der Waals surface area contributed by atoms with Gasteiger partial charge in [-0.2, -0.15) is 0 Å². The quantitative estimate of drug-likeness (QED) is 0.521. The Hall–Kier alpha value is 0.190. The first-order chi connectivity index (χ1) is 4.63. The highest BCUT2D eigenvalue weighted by molar-refractivity contribution is 14.1. The summed E-state index contributed by atoms with van der Waals surface area (Å²) < 4.78 is 0.680. The van der Waals surface area contributed by atoms with Crippen molar-refractivity contribution in [2.24, 2.45) is 0 Å². The van der Waals surface area contributed by atoms with E-state index in [9.17, 15) is 0 Å². The Morgan fingerprint density at radius 3 is 2.40 bits per heavy atom. The fourth-order valence-electron chi connectivity index (χ4n) is 0.448. The summed E-state index contributed by atoms with van der Waals surface area (Å²) in [6.07, 6.45) is -0.449. The van der Waals surface area contributed by atoms with E-state index >= 15 is 0 Å². The molecular formula is C6H11IO3. The highest BCUT2D eigenvalue weighted by Crippen LogP contribution is 2.16. The van der Waals surface area contributed by atoms with E-state index in [0.717, 1.165) is 0 Å². The number of aliphatic hydroxyl groups excluding tert-OH is 3. The molecule has 3 nitrogen and oxygen atoms in total. The van der Waals surface area contributed by atoms with Crippen LogP contribution in [0, 0.1) is 0 Å². The molecule has 0 heterocycles. The van der Waals surface area contributed by atoms with Crippen molar-refractivity contribution >= 4 is 22.6 Å². The summed E-state index contributed by atoms with van der Waals surface area (Å²) in [6.45, 7) is 1.43. The third-order valence-electron chi connectivity index (χ3n) is 1.08. The molecule has 1 unspecified atom stereocenters. The number of hydrogen-bond donors (Lipinski definition) is 3. The van der Waals surface area contributed by atoms with Gasteiger partial charge in [0, 0.05) is 3.58 Å². The van der Waals surface area contributed by atoms with Crippen LogP contribution in [0.15, 0.2) is 9.34 Å². The average molecular weight is 258 g/mol. The molecule has 0 aliphatic heterocycles. The lowest BCUT2D eigenvalue weighted by Gasteiger charge is -2.07. The van der Waals surface area contributed by atoms with Crippen molar-refractivity contribution in [1.29, 1.82) is 0 Å². The zero-order valence-corrected chi connectivity index (χ0v) is 7.87. The summed E-state index contributed by atoms with van der Waals surface area (Å²) in [4.78, 5) is 0. The summed E-state index contributed by atoms with van der Waals surface area (Å²) in [5.41, 5.74) is 0. The number of allylic oxidation sites excluding steroid dienone is 1. The first-order valence-electron chi connectivity index (χ1n) is 2.99. The minimum atomic E-state index is -1.12. The zero-order valence-electron chi connectivity index (χ0n) is 5.71. The lowest BCUT2D eigenvalue weighted by atomic mass is 10.2. The standard InChI is InChI=1S/C6H11IO3/c1-2-4(7)6(10)5(9)3-8/h5,8-10H,2-3H2,1H3.